The molecule has 4 aliphatic heterocycles. The number of hydrogen-bond acceptors (Lipinski definition) is 6. The van der Waals surface area contributed by atoms with Crippen LogP contribution < -0.4 is 5.32 Å². The molecule has 5 fully saturated rings. The molecule has 1 aromatic rings. The maximum atomic E-state index is 14.6. The number of carbonyl (C=O) groups is 3. The van der Waals surface area contributed by atoms with Crippen molar-refractivity contribution in [1.29, 1.82) is 0 Å². The number of nitrogens with one attached hydrogen (secondary N) is 1. The number of rotatable bonds is 6. The molecule has 0 bridgehead atoms. The van der Waals surface area contributed by atoms with Crippen LogP contribution in [-0.4, -0.2) is 121 Å². The van der Waals surface area contributed by atoms with Crippen molar-refractivity contribution in [2.45, 2.75) is 88.9 Å². The van der Waals surface area contributed by atoms with Gasteiger partial charge < -0.3 is 29.7 Å². The molecule has 1 aliphatic carbocycles. The van der Waals surface area contributed by atoms with Gasteiger partial charge in [0.05, 0.1) is 12.0 Å². The van der Waals surface area contributed by atoms with E-state index in [4.69, 9.17) is 16.3 Å². The molecule has 4 heterocycles. The molecule has 10 heteroatoms. The van der Waals surface area contributed by atoms with Gasteiger partial charge >= 0.3 is 0 Å². The summed E-state index contributed by atoms with van der Waals surface area (Å²) >= 11 is 6.18. The first kappa shape index (κ1) is 31.8. The van der Waals surface area contributed by atoms with Gasteiger partial charge in [0.1, 0.15) is 12.1 Å². The van der Waals surface area contributed by atoms with Gasteiger partial charge in [-0.05, 0) is 75.1 Å². The number of hydrogen-bond donors (Lipinski definition) is 1. The van der Waals surface area contributed by atoms with E-state index in [9.17, 15) is 14.4 Å². The molecule has 3 amide bonds. The maximum absolute atomic E-state index is 14.6. The highest BCUT2D eigenvalue weighted by molar-refractivity contribution is 6.30. The van der Waals surface area contributed by atoms with Gasteiger partial charge in [0.2, 0.25) is 11.8 Å². The van der Waals surface area contributed by atoms with Crippen LogP contribution in [0.4, 0.5) is 0 Å². The Kier molecular flexibility index (Phi) is 9.58. The predicted molar refractivity (Wildman–Crippen MR) is 170 cm³/mol. The zero-order valence-electron chi connectivity index (χ0n) is 26.7. The highest BCUT2D eigenvalue weighted by Crippen LogP contribution is 2.40. The zero-order valence-corrected chi connectivity index (χ0v) is 27.4. The first-order valence-electron chi connectivity index (χ1n) is 16.8. The third-order valence-corrected chi connectivity index (χ3v) is 11.3. The van der Waals surface area contributed by atoms with Crippen LogP contribution in [0.1, 0.15) is 70.3 Å². The highest BCUT2D eigenvalue weighted by atomic mass is 35.5. The Bertz CT molecular complexity index is 1190. The Hall–Kier alpha value is -2.20. The molecule has 5 aliphatic rings. The molecule has 0 unspecified atom stereocenters. The van der Waals surface area contributed by atoms with E-state index in [1.807, 2.05) is 34.1 Å². The molecule has 0 radical (unpaired) electrons. The van der Waals surface area contributed by atoms with Crippen LogP contribution in [0.25, 0.3) is 0 Å². The van der Waals surface area contributed by atoms with Crippen LogP contribution in [0.15, 0.2) is 24.3 Å². The lowest BCUT2D eigenvalue weighted by Crippen LogP contribution is -2.54. The van der Waals surface area contributed by atoms with Crippen LogP contribution >= 0.6 is 11.6 Å². The number of benzene rings is 1. The lowest BCUT2D eigenvalue weighted by atomic mass is 9.75. The van der Waals surface area contributed by atoms with E-state index in [2.05, 4.69) is 36.0 Å². The molecule has 6 rings (SSSR count). The number of likely N-dealkylation sites (tertiary alicyclic amines) is 1. The molecule has 5 atom stereocenters. The SMILES string of the molecule is CN1CCN(C(=O)[C@@H]2C[C@H](N(C(=O)[C@@H]3CCCO3)C3CCC(C)(C)CC3)CN2C(=O)[C@@H]2CNC[C@H]2c2ccc(Cl)cc2)CC1. The minimum Gasteiger partial charge on any atom is -0.368 e. The zero-order chi connectivity index (χ0) is 31.0. The summed E-state index contributed by atoms with van der Waals surface area (Å²) in [6.07, 6.45) is 5.70. The van der Waals surface area contributed by atoms with Gasteiger partial charge in [0.15, 0.2) is 0 Å². The molecule has 1 aromatic carbocycles. The second-order valence-corrected chi connectivity index (χ2v) is 15.0. The fourth-order valence-electron chi connectivity index (χ4n) is 8.20. The van der Waals surface area contributed by atoms with E-state index in [0.717, 1.165) is 57.2 Å². The van der Waals surface area contributed by atoms with E-state index >= 15 is 0 Å². The minimum atomic E-state index is -0.567. The number of piperazine rings is 1. The summed E-state index contributed by atoms with van der Waals surface area (Å²) in [4.78, 5) is 51.1. The number of carbonyl (C=O) groups excluding carboxylic acids is 3. The van der Waals surface area contributed by atoms with Crippen molar-refractivity contribution < 1.29 is 19.1 Å². The van der Waals surface area contributed by atoms with Gasteiger partial charge in [-0.2, -0.15) is 0 Å². The standard InChI is InChI=1S/C34H50ClN5O4/c1-34(2)12-10-25(11-13-34)40(33(43)30-5-4-18-44-30)26-19-29(32(42)38-16-14-37(3)15-17-38)39(22-26)31(41)28-21-36-20-27(28)23-6-8-24(35)9-7-23/h6-9,25-30,36H,4-5,10-22H2,1-3H3/t26-,27-,28+,29-,30-/m0/s1. The summed E-state index contributed by atoms with van der Waals surface area (Å²) in [5.41, 5.74) is 1.34. The topological polar surface area (TPSA) is 85.4 Å². The van der Waals surface area contributed by atoms with Gasteiger partial charge in [0.25, 0.3) is 5.91 Å². The van der Waals surface area contributed by atoms with E-state index in [1.165, 1.54) is 0 Å². The average molecular weight is 628 g/mol. The molecule has 9 nitrogen and oxygen atoms in total. The summed E-state index contributed by atoms with van der Waals surface area (Å²) < 4.78 is 5.92. The second-order valence-electron chi connectivity index (χ2n) is 14.6. The van der Waals surface area contributed by atoms with Crippen molar-refractivity contribution in [3.05, 3.63) is 34.9 Å². The number of nitrogens with zero attached hydrogens (tertiary/aromatic N) is 4. The Morgan fingerprint density at radius 1 is 0.955 bits per heavy atom. The maximum Gasteiger partial charge on any atom is 0.252 e. The van der Waals surface area contributed by atoms with Crippen molar-refractivity contribution in [1.82, 2.24) is 24.9 Å². The van der Waals surface area contributed by atoms with Crippen LogP contribution in [0.3, 0.4) is 0 Å². The summed E-state index contributed by atoms with van der Waals surface area (Å²) in [5.74, 6) is -0.186. The summed E-state index contributed by atoms with van der Waals surface area (Å²) in [6, 6.07) is 7.10. The van der Waals surface area contributed by atoms with Crippen molar-refractivity contribution >= 4 is 29.3 Å². The highest BCUT2D eigenvalue weighted by Gasteiger charge is 2.50. The van der Waals surface area contributed by atoms with Crippen molar-refractivity contribution in [2.75, 3.05) is 59.5 Å². The second kappa shape index (κ2) is 13.3. The lowest BCUT2D eigenvalue weighted by molar-refractivity contribution is -0.148. The van der Waals surface area contributed by atoms with E-state index in [-0.39, 0.29) is 47.1 Å². The normalized spacial score (nSPS) is 31.4. The third kappa shape index (κ3) is 6.67. The van der Waals surface area contributed by atoms with Crippen LogP contribution in [0.5, 0.6) is 0 Å². The van der Waals surface area contributed by atoms with Gasteiger partial charge in [-0.3, -0.25) is 14.4 Å². The fraction of sp³-hybridized carbons (Fsp3) is 0.735. The van der Waals surface area contributed by atoms with E-state index in [0.29, 0.717) is 50.8 Å². The van der Waals surface area contributed by atoms with E-state index in [1.54, 1.807) is 0 Å². The first-order chi connectivity index (χ1) is 21.1. The molecule has 44 heavy (non-hydrogen) atoms. The fourth-order valence-corrected chi connectivity index (χ4v) is 8.33. The Morgan fingerprint density at radius 2 is 1.66 bits per heavy atom. The van der Waals surface area contributed by atoms with Crippen molar-refractivity contribution in [3.63, 3.8) is 0 Å². The molecule has 1 saturated carbocycles. The first-order valence-corrected chi connectivity index (χ1v) is 17.2. The lowest BCUT2D eigenvalue weighted by Gasteiger charge is -2.43. The molecule has 4 saturated heterocycles. The Balaban J connectivity index is 1.29. The molecular weight excluding hydrogens is 578 g/mol. The molecule has 0 aromatic heterocycles. The average Bonchev–Trinajstić information content (AvgIpc) is 3.80. The predicted octanol–water partition coefficient (Wildman–Crippen LogP) is 3.36. The number of ether oxygens (including phenoxy) is 1. The van der Waals surface area contributed by atoms with Gasteiger partial charge in [0, 0.05) is 69.4 Å². The third-order valence-electron chi connectivity index (χ3n) is 11.0. The van der Waals surface area contributed by atoms with Crippen molar-refractivity contribution in [3.8, 4) is 0 Å². The van der Waals surface area contributed by atoms with Gasteiger partial charge in [-0.15, -0.1) is 0 Å². The van der Waals surface area contributed by atoms with Gasteiger partial charge in [-0.25, -0.2) is 0 Å². The smallest absolute Gasteiger partial charge is 0.252 e. The molecule has 0 spiro atoms. The summed E-state index contributed by atoms with van der Waals surface area (Å²) in [7, 11) is 2.08. The Morgan fingerprint density at radius 3 is 2.32 bits per heavy atom. The number of likely N-dealkylation sites (N-methyl/N-ethyl adjacent to an activating group) is 1. The monoisotopic (exact) mass is 627 g/mol. The molecule has 1 N–H and O–H groups in total. The van der Waals surface area contributed by atoms with Crippen LogP contribution in [0.2, 0.25) is 5.02 Å². The summed E-state index contributed by atoms with van der Waals surface area (Å²) in [6.45, 7) is 9.86. The van der Waals surface area contributed by atoms with Crippen LogP contribution in [0, 0.1) is 11.3 Å². The largest absolute Gasteiger partial charge is 0.368 e. The quantitative estimate of drug-likeness (QED) is 0.521. The van der Waals surface area contributed by atoms with Crippen molar-refractivity contribution in [2.24, 2.45) is 11.3 Å². The molecular formula is C34H50ClN5O4. The Labute approximate surface area is 267 Å². The minimum absolute atomic E-state index is 0.00315. The number of amides is 3. The molecule has 242 valence electrons. The summed E-state index contributed by atoms with van der Waals surface area (Å²) in [5, 5.41) is 4.11. The van der Waals surface area contributed by atoms with Crippen LogP contribution in [-0.2, 0) is 19.1 Å². The number of halogens is 1. The van der Waals surface area contributed by atoms with Gasteiger partial charge in [-0.1, -0.05) is 37.6 Å². The van der Waals surface area contributed by atoms with E-state index < -0.39 is 12.1 Å².